The van der Waals surface area contributed by atoms with Gasteiger partial charge in [-0.25, -0.2) is 16.8 Å². The van der Waals surface area contributed by atoms with Gasteiger partial charge >= 0.3 is 0 Å². The van der Waals surface area contributed by atoms with E-state index >= 15 is 0 Å². The van der Waals surface area contributed by atoms with Gasteiger partial charge in [0.05, 0.1) is 9.79 Å². The Morgan fingerprint density at radius 1 is 1.00 bits per heavy atom. The highest BCUT2D eigenvalue weighted by Gasteiger charge is 2.12. The molecule has 124 valence electrons. The third-order valence-electron chi connectivity index (χ3n) is 2.78. The summed E-state index contributed by atoms with van der Waals surface area (Å²) in [4.78, 5) is 9.73. The van der Waals surface area contributed by atoms with E-state index in [4.69, 9.17) is 4.74 Å². The highest BCUT2D eigenvalue weighted by Crippen LogP contribution is 2.31. The predicted octanol–water partition coefficient (Wildman–Crippen LogP) is 0.988. The molecule has 2 aromatic rings. The van der Waals surface area contributed by atoms with Gasteiger partial charge in [-0.15, -0.1) is 0 Å². The SMILES string of the molecule is O=C(I)COc1cc(S(=O)(=O)[O-])cc2cc(S(=O)(=O)[O-])ccc12. The van der Waals surface area contributed by atoms with Crippen LogP contribution in [0.4, 0.5) is 0 Å². The molecule has 0 N–H and O–H groups in total. The summed E-state index contributed by atoms with van der Waals surface area (Å²) < 4.78 is 71.5. The average molecular weight is 470 g/mol. The molecule has 2 aromatic carbocycles. The first kappa shape index (κ1) is 18.1. The lowest BCUT2D eigenvalue weighted by Gasteiger charge is -2.14. The van der Waals surface area contributed by atoms with Crippen molar-refractivity contribution in [3.05, 3.63) is 30.3 Å². The molecule has 0 atom stereocenters. The zero-order chi connectivity index (χ0) is 17.4. The highest BCUT2D eigenvalue weighted by molar-refractivity contribution is 14.1. The average Bonchev–Trinajstić information content (AvgIpc) is 2.41. The van der Waals surface area contributed by atoms with Crippen LogP contribution in [0.3, 0.4) is 0 Å². The summed E-state index contributed by atoms with van der Waals surface area (Å²) in [7, 11) is -9.60. The molecule has 0 aliphatic rings. The van der Waals surface area contributed by atoms with Crippen molar-refractivity contribution >= 4 is 57.4 Å². The molecule has 11 heteroatoms. The molecule has 0 heterocycles. The normalized spacial score (nSPS) is 12.3. The van der Waals surface area contributed by atoms with E-state index < -0.39 is 30.0 Å². The minimum atomic E-state index is -4.85. The van der Waals surface area contributed by atoms with Gasteiger partial charge in [0.1, 0.15) is 26.0 Å². The molecule has 0 unspecified atom stereocenters. The Kier molecular flexibility index (Phi) is 4.96. The zero-order valence-electron chi connectivity index (χ0n) is 11.1. The molecule has 0 radical (unpaired) electrons. The Hall–Kier alpha value is -1.28. The minimum Gasteiger partial charge on any atom is -0.744 e. The second-order valence-corrected chi connectivity index (χ2v) is 8.32. The molecule has 0 fully saturated rings. The van der Waals surface area contributed by atoms with Crippen molar-refractivity contribution in [2.45, 2.75) is 9.79 Å². The molecule has 0 aliphatic heterocycles. The predicted molar refractivity (Wildman–Crippen MR) is 84.4 cm³/mol. The van der Waals surface area contributed by atoms with Gasteiger partial charge in [0.2, 0.25) is 3.79 Å². The number of halogens is 1. The number of rotatable bonds is 5. The van der Waals surface area contributed by atoms with E-state index in [0.717, 1.165) is 24.3 Å². The van der Waals surface area contributed by atoms with Gasteiger partial charge < -0.3 is 13.8 Å². The molecule has 0 aromatic heterocycles. The van der Waals surface area contributed by atoms with Crippen LogP contribution < -0.4 is 4.74 Å². The molecule has 0 amide bonds. The maximum Gasteiger partial charge on any atom is 0.229 e. The van der Waals surface area contributed by atoms with Crippen molar-refractivity contribution in [1.82, 2.24) is 0 Å². The maximum absolute atomic E-state index is 11.2. The maximum atomic E-state index is 11.2. The van der Waals surface area contributed by atoms with Gasteiger partial charge in [-0.05, 0) is 35.7 Å². The Morgan fingerprint density at radius 3 is 2.09 bits per heavy atom. The number of ether oxygens (including phenoxy) is 1. The lowest BCUT2D eigenvalue weighted by atomic mass is 10.1. The lowest BCUT2D eigenvalue weighted by Crippen LogP contribution is -2.06. The molecule has 0 saturated carbocycles. The van der Waals surface area contributed by atoms with E-state index in [2.05, 4.69) is 0 Å². The largest absolute Gasteiger partial charge is 0.744 e. The third-order valence-corrected chi connectivity index (χ3v) is 4.73. The van der Waals surface area contributed by atoms with Gasteiger partial charge in [-0.2, -0.15) is 0 Å². The Balaban J connectivity index is 2.75. The van der Waals surface area contributed by atoms with Gasteiger partial charge in [-0.3, -0.25) is 4.79 Å². The van der Waals surface area contributed by atoms with E-state index in [1.165, 1.54) is 28.7 Å². The lowest BCUT2D eigenvalue weighted by molar-refractivity contribution is -0.111. The van der Waals surface area contributed by atoms with Gasteiger partial charge in [0.25, 0.3) is 0 Å². The Labute approximate surface area is 145 Å². The van der Waals surface area contributed by atoms with E-state index in [1.54, 1.807) is 0 Å². The monoisotopic (exact) mass is 470 g/mol. The van der Waals surface area contributed by atoms with Crippen molar-refractivity contribution in [2.24, 2.45) is 0 Å². The number of fused-ring (bicyclic) bond motifs is 1. The number of benzene rings is 2. The Morgan fingerprint density at radius 2 is 1.57 bits per heavy atom. The fourth-order valence-corrected chi connectivity index (χ4v) is 3.02. The van der Waals surface area contributed by atoms with Crippen LogP contribution in [0.1, 0.15) is 0 Å². The molecular weight excluding hydrogens is 463 g/mol. The van der Waals surface area contributed by atoms with Crippen LogP contribution >= 0.6 is 22.6 Å². The standard InChI is InChI=1S/C12H9IO8S2/c13-12(14)6-21-11-5-9(23(18,19)20)4-7-3-8(22(15,16)17)1-2-10(7)11/h1-5H,6H2,(H,15,16,17)(H,18,19,20)/p-2. The van der Waals surface area contributed by atoms with Crippen molar-refractivity contribution in [3.8, 4) is 5.75 Å². The van der Waals surface area contributed by atoms with Crippen LogP contribution in [-0.2, 0) is 25.0 Å². The number of hydrogen-bond donors (Lipinski definition) is 0. The van der Waals surface area contributed by atoms with E-state index in [9.17, 15) is 30.7 Å². The van der Waals surface area contributed by atoms with Crippen LogP contribution in [0.15, 0.2) is 40.1 Å². The van der Waals surface area contributed by atoms with Crippen molar-refractivity contribution in [3.63, 3.8) is 0 Å². The fourth-order valence-electron chi connectivity index (χ4n) is 1.84. The molecule has 2 rings (SSSR count). The van der Waals surface area contributed by atoms with Crippen molar-refractivity contribution in [1.29, 1.82) is 0 Å². The molecule has 0 spiro atoms. The van der Waals surface area contributed by atoms with E-state index in [0.29, 0.717) is 0 Å². The van der Waals surface area contributed by atoms with Crippen LogP contribution in [0.5, 0.6) is 5.75 Å². The summed E-state index contributed by atoms with van der Waals surface area (Å²) in [6, 6.07) is 5.06. The summed E-state index contributed by atoms with van der Waals surface area (Å²) in [6.45, 7) is -0.375. The molecule has 0 saturated heterocycles. The van der Waals surface area contributed by atoms with Gasteiger partial charge in [-0.1, -0.05) is 0 Å². The fraction of sp³-hybridized carbons (Fsp3) is 0.0833. The van der Waals surface area contributed by atoms with Gasteiger partial charge in [0.15, 0.2) is 6.61 Å². The Bertz CT molecular complexity index is 990. The highest BCUT2D eigenvalue weighted by atomic mass is 127. The second-order valence-electron chi connectivity index (χ2n) is 4.36. The second kappa shape index (κ2) is 6.32. The van der Waals surface area contributed by atoms with Crippen LogP contribution in [-0.4, -0.2) is 36.3 Å². The smallest absolute Gasteiger partial charge is 0.229 e. The first-order valence-corrected chi connectivity index (χ1v) is 9.69. The minimum absolute atomic E-state index is 0.00903. The van der Waals surface area contributed by atoms with Crippen LogP contribution in [0, 0.1) is 0 Å². The van der Waals surface area contributed by atoms with E-state index in [-0.39, 0.29) is 26.9 Å². The first-order valence-electron chi connectivity index (χ1n) is 5.79. The van der Waals surface area contributed by atoms with Crippen molar-refractivity contribution in [2.75, 3.05) is 6.61 Å². The van der Waals surface area contributed by atoms with Crippen LogP contribution in [0.25, 0.3) is 10.8 Å². The van der Waals surface area contributed by atoms with Gasteiger partial charge in [0, 0.05) is 28.0 Å². The summed E-state index contributed by atoms with van der Waals surface area (Å²) in [5, 5.41) is 0.261. The molecule has 0 aliphatic carbocycles. The summed E-state index contributed by atoms with van der Waals surface area (Å²) in [6.07, 6.45) is 0. The summed E-state index contributed by atoms with van der Waals surface area (Å²) in [5.41, 5.74) is 0. The third kappa shape index (κ3) is 4.38. The summed E-state index contributed by atoms with van der Waals surface area (Å²) in [5.74, 6) is -0.0863. The van der Waals surface area contributed by atoms with E-state index in [1.807, 2.05) is 0 Å². The molecule has 23 heavy (non-hydrogen) atoms. The number of hydrogen-bond acceptors (Lipinski definition) is 8. The molecule has 8 nitrogen and oxygen atoms in total. The first-order chi connectivity index (χ1) is 10.5. The van der Waals surface area contributed by atoms with Crippen LogP contribution in [0.2, 0.25) is 0 Å². The van der Waals surface area contributed by atoms with Crippen molar-refractivity contribution < 1.29 is 35.5 Å². The topological polar surface area (TPSA) is 141 Å². The molecule has 0 bridgehead atoms. The number of carbonyl (C=O) groups is 1. The number of carbonyl (C=O) groups excluding carboxylic acids is 1. The summed E-state index contributed by atoms with van der Waals surface area (Å²) >= 11 is 1.47. The molecular formula is C12H7IO8S2-2. The quantitative estimate of drug-likeness (QED) is 0.358. The zero-order valence-corrected chi connectivity index (χ0v) is 14.8.